The third-order valence-corrected chi connectivity index (χ3v) is 5.24. The van der Waals surface area contributed by atoms with Gasteiger partial charge in [-0.15, -0.1) is 0 Å². The van der Waals surface area contributed by atoms with Crippen LogP contribution in [-0.2, 0) is 4.43 Å². The second-order valence-corrected chi connectivity index (χ2v) is 6.50. The number of hydrogen-bond donors (Lipinski definition) is 0. The van der Waals surface area contributed by atoms with Crippen molar-refractivity contribution < 1.29 is 4.43 Å². The molecule has 0 spiro atoms. The van der Waals surface area contributed by atoms with E-state index in [9.17, 15) is 0 Å². The Morgan fingerprint density at radius 3 is 1.71 bits per heavy atom. The molecular weight excluding hydrogens is 224 g/mol. The third-order valence-electron chi connectivity index (χ3n) is 2.69. The van der Waals surface area contributed by atoms with E-state index in [4.69, 9.17) is 4.43 Å². The van der Waals surface area contributed by atoms with E-state index >= 15 is 0 Å². The van der Waals surface area contributed by atoms with Crippen LogP contribution in [0.25, 0.3) is 0 Å². The van der Waals surface area contributed by atoms with Crippen LogP contribution in [0.15, 0.2) is 60.7 Å². The molecule has 0 amide bonds. The van der Waals surface area contributed by atoms with Crippen LogP contribution in [0.5, 0.6) is 0 Å². The zero-order chi connectivity index (χ0) is 11.9. The van der Waals surface area contributed by atoms with Gasteiger partial charge in [-0.25, -0.2) is 0 Å². The van der Waals surface area contributed by atoms with E-state index in [1.54, 1.807) is 0 Å². The lowest BCUT2D eigenvalue weighted by molar-refractivity contribution is 0.333. The molecule has 2 aromatic carbocycles. The van der Waals surface area contributed by atoms with E-state index in [1.165, 1.54) is 10.4 Å². The van der Waals surface area contributed by atoms with Crippen LogP contribution in [0.1, 0.15) is 13.3 Å². The molecule has 1 nitrogen and oxygen atoms in total. The SMILES string of the molecule is CCCO[SiH](c1ccccc1)c1ccccc1. The summed E-state index contributed by atoms with van der Waals surface area (Å²) in [6.07, 6.45) is 1.07. The predicted molar refractivity (Wildman–Crippen MR) is 75.5 cm³/mol. The molecule has 0 N–H and O–H groups in total. The van der Waals surface area contributed by atoms with Gasteiger partial charge < -0.3 is 4.43 Å². The molecule has 0 fully saturated rings. The molecule has 0 saturated heterocycles. The summed E-state index contributed by atoms with van der Waals surface area (Å²) in [6.45, 7) is 3.00. The van der Waals surface area contributed by atoms with Crippen LogP contribution in [0.2, 0.25) is 0 Å². The largest absolute Gasteiger partial charge is 0.411 e. The first-order chi connectivity index (χ1) is 8.42. The molecular formula is C15H18OSi. The fraction of sp³-hybridized carbons (Fsp3) is 0.200. The van der Waals surface area contributed by atoms with Crippen LogP contribution in [-0.4, -0.2) is 15.6 Å². The Labute approximate surface area is 105 Å². The molecule has 2 aromatic rings. The lowest BCUT2D eigenvalue weighted by atomic mass is 10.4. The minimum Gasteiger partial charge on any atom is -0.411 e. The minimum atomic E-state index is -1.47. The van der Waals surface area contributed by atoms with E-state index in [2.05, 4.69) is 67.6 Å². The molecule has 0 radical (unpaired) electrons. The summed E-state index contributed by atoms with van der Waals surface area (Å²) in [7, 11) is -1.47. The maximum atomic E-state index is 6.10. The van der Waals surface area contributed by atoms with Crippen molar-refractivity contribution in [1.29, 1.82) is 0 Å². The van der Waals surface area contributed by atoms with Gasteiger partial charge in [0.05, 0.1) is 0 Å². The van der Waals surface area contributed by atoms with Crippen LogP contribution in [0.4, 0.5) is 0 Å². The summed E-state index contributed by atoms with van der Waals surface area (Å²) in [5, 5.41) is 2.71. The fourth-order valence-electron chi connectivity index (χ4n) is 1.88. The van der Waals surface area contributed by atoms with E-state index < -0.39 is 9.04 Å². The highest BCUT2D eigenvalue weighted by atomic mass is 28.3. The van der Waals surface area contributed by atoms with Crippen molar-refractivity contribution in [2.45, 2.75) is 13.3 Å². The zero-order valence-electron chi connectivity index (χ0n) is 10.2. The molecule has 2 heteroatoms. The van der Waals surface area contributed by atoms with Gasteiger partial charge in [-0.2, -0.15) is 0 Å². The predicted octanol–water partition coefficient (Wildman–Crippen LogP) is 1.95. The fourth-order valence-corrected chi connectivity index (χ4v) is 4.26. The highest BCUT2D eigenvalue weighted by Gasteiger charge is 2.16. The minimum absolute atomic E-state index is 0.848. The molecule has 0 atom stereocenters. The first-order valence-corrected chi connectivity index (χ1v) is 7.76. The normalized spacial score (nSPS) is 10.7. The van der Waals surface area contributed by atoms with Gasteiger partial charge in [0.2, 0.25) is 9.04 Å². The van der Waals surface area contributed by atoms with Crippen LogP contribution >= 0.6 is 0 Å². The number of benzene rings is 2. The molecule has 0 heterocycles. The Morgan fingerprint density at radius 2 is 1.29 bits per heavy atom. The molecule has 0 bridgehead atoms. The van der Waals surface area contributed by atoms with E-state index in [1.807, 2.05) is 0 Å². The lowest BCUT2D eigenvalue weighted by Gasteiger charge is -2.16. The summed E-state index contributed by atoms with van der Waals surface area (Å²) in [4.78, 5) is 0. The Kier molecular flexibility index (Phi) is 4.53. The summed E-state index contributed by atoms with van der Waals surface area (Å²) >= 11 is 0. The molecule has 0 unspecified atom stereocenters. The van der Waals surface area contributed by atoms with Crippen molar-refractivity contribution in [3.8, 4) is 0 Å². The van der Waals surface area contributed by atoms with Crippen molar-refractivity contribution in [2.75, 3.05) is 6.61 Å². The van der Waals surface area contributed by atoms with Crippen LogP contribution in [0, 0.1) is 0 Å². The zero-order valence-corrected chi connectivity index (χ0v) is 11.3. The average Bonchev–Trinajstić information content (AvgIpc) is 2.42. The van der Waals surface area contributed by atoms with E-state index in [-0.39, 0.29) is 0 Å². The monoisotopic (exact) mass is 242 g/mol. The topological polar surface area (TPSA) is 9.23 Å². The number of rotatable bonds is 5. The third kappa shape index (κ3) is 3.28. The first kappa shape index (κ1) is 12.1. The Balaban J connectivity index is 2.26. The molecule has 0 aliphatic heterocycles. The van der Waals surface area contributed by atoms with Crippen molar-refractivity contribution in [1.82, 2.24) is 0 Å². The van der Waals surface area contributed by atoms with Gasteiger partial charge in [-0.1, -0.05) is 67.6 Å². The van der Waals surface area contributed by atoms with Crippen LogP contribution < -0.4 is 10.4 Å². The Morgan fingerprint density at radius 1 is 0.824 bits per heavy atom. The second-order valence-electron chi connectivity index (χ2n) is 4.07. The quantitative estimate of drug-likeness (QED) is 0.728. The van der Waals surface area contributed by atoms with Gasteiger partial charge >= 0.3 is 0 Å². The molecule has 17 heavy (non-hydrogen) atoms. The molecule has 88 valence electrons. The van der Waals surface area contributed by atoms with Crippen molar-refractivity contribution >= 4 is 19.4 Å². The Hall–Kier alpha value is -1.38. The molecule has 0 aliphatic carbocycles. The van der Waals surface area contributed by atoms with Gasteiger partial charge in [-0.3, -0.25) is 0 Å². The van der Waals surface area contributed by atoms with E-state index in [0.717, 1.165) is 13.0 Å². The van der Waals surface area contributed by atoms with Gasteiger partial charge in [-0.05, 0) is 16.8 Å². The summed E-state index contributed by atoms with van der Waals surface area (Å²) in [5.74, 6) is 0. The summed E-state index contributed by atoms with van der Waals surface area (Å²) < 4.78 is 6.10. The smallest absolute Gasteiger partial charge is 0.239 e. The number of hydrogen-bond acceptors (Lipinski definition) is 1. The van der Waals surface area contributed by atoms with Crippen molar-refractivity contribution in [3.63, 3.8) is 0 Å². The highest BCUT2D eigenvalue weighted by Crippen LogP contribution is 1.95. The van der Waals surface area contributed by atoms with Crippen LogP contribution in [0.3, 0.4) is 0 Å². The molecule has 2 rings (SSSR count). The molecule has 0 aromatic heterocycles. The lowest BCUT2D eigenvalue weighted by Crippen LogP contribution is -2.45. The van der Waals surface area contributed by atoms with Crippen molar-refractivity contribution in [3.05, 3.63) is 60.7 Å². The Bertz CT molecular complexity index is 388. The highest BCUT2D eigenvalue weighted by molar-refractivity contribution is 6.80. The maximum absolute atomic E-state index is 6.10. The van der Waals surface area contributed by atoms with Gasteiger partial charge in [0.25, 0.3) is 0 Å². The van der Waals surface area contributed by atoms with Gasteiger partial charge in [0, 0.05) is 6.61 Å². The second kappa shape index (κ2) is 6.38. The average molecular weight is 242 g/mol. The molecule has 0 aliphatic rings. The standard InChI is InChI=1S/C15H18OSi/c1-2-13-16-17(14-9-5-3-6-10-14)15-11-7-4-8-12-15/h3-12,17H,2,13H2,1H3. The summed E-state index contributed by atoms with van der Waals surface area (Å²) in [5.41, 5.74) is 0. The first-order valence-electron chi connectivity index (χ1n) is 6.13. The molecule has 0 saturated carbocycles. The van der Waals surface area contributed by atoms with Gasteiger partial charge in [0.1, 0.15) is 0 Å². The maximum Gasteiger partial charge on any atom is 0.239 e. The van der Waals surface area contributed by atoms with E-state index in [0.29, 0.717) is 0 Å². The van der Waals surface area contributed by atoms with Crippen molar-refractivity contribution in [2.24, 2.45) is 0 Å². The van der Waals surface area contributed by atoms with Gasteiger partial charge in [0.15, 0.2) is 0 Å². The summed E-state index contributed by atoms with van der Waals surface area (Å²) in [6, 6.07) is 21.2.